The number of carbonyl (C=O) groups excluding carboxylic acids is 1. The topological polar surface area (TPSA) is 80.5 Å². The van der Waals surface area contributed by atoms with Crippen LogP contribution in [0.15, 0.2) is 22.0 Å². The molecule has 8 heteroatoms. The molecule has 0 radical (unpaired) electrons. The molecule has 1 saturated heterocycles. The third-order valence-corrected chi connectivity index (χ3v) is 4.74. The van der Waals surface area contributed by atoms with Crippen molar-refractivity contribution in [3.63, 3.8) is 0 Å². The summed E-state index contributed by atoms with van der Waals surface area (Å²) in [4.78, 5) is 19.7. The summed E-state index contributed by atoms with van der Waals surface area (Å²) in [5.41, 5.74) is 0. The van der Waals surface area contributed by atoms with E-state index in [0.717, 1.165) is 4.88 Å². The molecule has 23 heavy (non-hydrogen) atoms. The lowest BCUT2D eigenvalue weighted by Crippen LogP contribution is -2.48. The molecule has 0 aliphatic carbocycles. The molecule has 1 aliphatic rings. The zero-order valence-corrected chi connectivity index (χ0v) is 14.0. The first-order valence-electron chi connectivity index (χ1n) is 7.68. The fourth-order valence-corrected chi connectivity index (χ4v) is 3.29. The highest BCUT2D eigenvalue weighted by Gasteiger charge is 2.28. The van der Waals surface area contributed by atoms with Gasteiger partial charge < -0.3 is 19.5 Å². The molecule has 0 spiro atoms. The third-order valence-electron chi connectivity index (χ3n) is 3.78. The number of nitrogens with one attached hydrogen (secondary N) is 1. The van der Waals surface area contributed by atoms with Crippen LogP contribution in [0.2, 0.25) is 0 Å². The average Bonchev–Trinajstić information content (AvgIpc) is 3.24. The van der Waals surface area contributed by atoms with Crippen molar-refractivity contribution in [2.75, 3.05) is 19.7 Å². The number of rotatable bonds is 4. The molecule has 1 N–H and O–H groups in total. The van der Waals surface area contributed by atoms with E-state index < -0.39 is 0 Å². The maximum absolute atomic E-state index is 12.5. The van der Waals surface area contributed by atoms with Crippen LogP contribution in [0.1, 0.15) is 42.1 Å². The molecule has 0 bridgehead atoms. The monoisotopic (exact) mass is 336 g/mol. The van der Waals surface area contributed by atoms with Gasteiger partial charge in [0.05, 0.1) is 19.2 Å². The smallest absolute Gasteiger partial charge is 0.318 e. The maximum Gasteiger partial charge on any atom is 0.318 e. The highest BCUT2D eigenvalue weighted by atomic mass is 32.1. The predicted octanol–water partition coefficient (Wildman–Crippen LogP) is 2.67. The minimum atomic E-state index is -0.247. The van der Waals surface area contributed by atoms with Crippen molar-refractivity contribution < 1.29 is 14.1 Å². The van der Waals surface area contributed by atoms with Crippen LogP contribution < -0.4 is 5.32 Å². The van der Waals surface area contributed by atoms with Gasteiger partial charge >= 0.3 is 6.03 Å². The van der Waals surface area contributed by atoms with Gasteiger partial charge in [0, 0.05) is 18.3 Å². The Morgan fingerprint density at radius 2 is 2.48 bits per heavy atom. The van der Waals surface area contributed by atoms with E-state index in [1.165, 1.54) is 0 Å². The van der Waals surface area contributed by atoms with Gasteiger partial charge in [0.15, 0.2) is 5.82 Å². The van der Waals surface area contributed by atoms with Gasteiger partial charge in [0.25, 0.3) is 0 Å². The Bertz CT molecular complexity index is 643. The first-order valence-corrected chi connectivity index (χ1v) is 8.56. The van der Waals surface area contributed by atoms with Crippen molar-refractivity contribution in [1.82, 2.24) is 20.4 Å². The van der Waals surface area contributed by atoms with Crippen molar-refractivity contribution in [1.29, 1.82) is 0 Å². The molecular formula is C15H20N4O3S. The van der Waals surface area contributed by atoms with Gasteiger partial charge in [-0.2, -0.15) is 4.98 Å². The quantitative estimate of drug-likeness (QED) is 0.928. The summed E-state index contributed by atoms with van der Waals surface area (Å²) in [5.74, 6) is 1.01. The SMILES string of the molecule is CC[C@@H](NC(=O)N1CCO[C@H](c2cccs2)C1)c1noc(C)n1. The fourth-order valence-electron chi connectivity index (χ4n) is 2.53. The highest BCUT2D eigenvalue weighted by Crippen LogP contribution is 2.26. The average molecular weight is 336 g/mol. The molecule has 7 nitrogen and oxygen atoms in total. The molecule has 2 atom stereocenters. The fraction of sp³-hybridized carbons (Fsp3) is 0.533. The van der Waals surface area contributed by atoms with E-state index in [1.54, 1.807) is 23.2 Å². The lowest BCUT2D eigenvalue weighted by atomic mass is 10.2. The van der Waals surface area contributed by atoms with E-state index in [9.17, 15) is 4.79 Å². The van der Waals surface area contributed by atoms with E-state index in [2.05, 4.69) is 15.5 Å². The highest BCUT2D eigenvalue weighted by molar-refractivity contribution is 7.10. The number of amides is 2. The van der Waals surface area contributed by atoms with E-state index in [1.807, 2.05) is 24.4 Å². The van der Waals surface area contributed by atoms with Gasteiger partial charge in [-0.15, -0.1) is 11.3 Å². The number of morpholine rings is 1. The molecule has 2 aromatic heterocycles. The number of urea groups is 1. The second-order valence-electron chi connectivity index (χ2n) is 5.40. The van der Waals surface area contributed by atoms with Crippen LogP contribution in [-0.4, -0.2) is 40.8 Å². The largest absolute Gasteiger partial charge is 0.369 e. The molecule has 2 aromatic rings. The van der Waals surface area contributed by atoms with Crippen LogP contribution in [0.4, 0.5) is 4.79 Å². The first-order chi connectivity index (χ1) is 11.2. The van der Waals surface area contributed by atoms with Crippen LogP contribution >= 0.6 is 11.3 Å². The van der Waals surface area contributed by atoms with Gasteiger partial charge in [-0.05, 0) is 17.9 Å². The second-order valence-corrected chi connectivity index (χ2v) is 6.38. The van der Waals surface area contributed by atoms with Gasteiger partial charge in [0.2, 0.25) is 5.89 Å². The summed E-state index contributed by atoms with van der Waals surface area (Å²) >= 11 is 1.65. The van der Waals surface area contributed by atoms with Gasteiger partial charge in [0.1, 0.15) is 6.10 Å². The van der Waals surface area contributed by atoms with E-state index in [0.29, 0.717) is 37.8 Å². The number of aromatic nitrogens is 2. The molecule has 2 amide bonds. The van der Waals surface area contributed by atoms with Crippen LogP contribution in [0, 0.1) is 6.92 Å². The molecule has 3 heterocycles. The number of hydrogen-bond acceptors (Lipinski definition) is 6. The van der Waals surface area contributed by atoms with Gasteiger partial charge in [-0.25, -0.2) is 4.79 Å². The van der Waals surface area contributed by atoms with Crippen molar-refractivity contribution in [3.8, 4) is 0 Å². The molecule has 124 valence electrons. The Labute approximate surface area is 138 Å². The number of aryl methyl sites for hydroxylation is 1. The molecule has 1 fully saturated rings. The molecule has 1 aliphatic heterocycles. The Kier molecular flexibility index (Phi) is 4.92. The minimum absolute atomic E-state index is 0.0537. The van der Waals surface area contributed by atoms with Crippen LogP contribution in [0.3, 0.4) is 0 Å². The van der Waals surface area contributed by atoms with Crippen molar-refractivity contribution >= 4 is 17.4 Å². The first kappa shape index (κ1) is 15.9. The summed E-state index contributed by atoms with van der Waals surface area (Å²) in [5, 5.41) is 8.90. The van der Waals surface area contributed by atoms with Gasteiger partial charge in [-0.3, -0.25) is 0 Å². The summed E-state index contributed by atoms with van der Waals surface area (Å²) in [7, 11) is 0. The molecule has 0 saturated carbocycles. The van der Waals surface area contributed by atoms with Crippen molar-refractivity contribution in [2.45, 2.75) is 32.4 Å². The maximum atomic E-state index is 12.5. The number of hydrogen-bond donors (Lipinski definition) is 1. The summed E-state index contributed by atoms with van der Waals surface area (Å²) in [6, 6.07) is 3.66. The van der Waals surface area contributed by atoms with E-state index in [4.69, 9.17) is 9.26 Å². The summed E-state index contributed by atoms with van der Waals surface area (Å²) in [6.45, 7) is 5.38. The normalized spacial score (nSPS) is 19.6. The lowest BCUT2D eigenvalue weighted by molar-refractivity contribution is -0.0139. The second kappa shape index (κ2) is 7.10. The Morgan fingerprint density at radius 3 is 3.13 bits per heavy atom. The standard InChI is InChI=1S/C15H20N4O3S/c1-3-11(14-16-10(2)22-18-14)17-15(20)19-6-7-21-12(9-19)13-5-4-8-23-13/h4-5,8,11-12H,3,6-7,9H2,1-2H3,(H,17,20)/t11-,12+/m1/s1. The summed E-state index contributed by atoms with van der Waals surface area (Å²) in [6.07, 6.45) is 0.644. The van der Waals surface area contributed by atoms with Crippen LogP contribution in [0.5, 0.6) is 0 Å². The van der Waals surface area contributed by atoms with Crippen LogP contribution in [0.25, 0.3) is 0 Å². The van der Waals surface area contributed by atoms with E-state index in [-0.39, 0.29) is 18.2 Å². The van der Waals surface area contributed by atoms with Crippen molar-refractivity contribution in [2.24, 2.45) is 0 Å². The molecular weight excluding hydrogens is 316 g/mol. The Hall–Kier alpha value is -1.93. The zero-order valence-electron chi connectivity index (χ0n) is 13.2. The zero-order chi connectivity index (χ0) is 16.2. The number of carbonyl (C=O) groups is 1. The Morgan fingerprint density at radius 1 is 1.61 bits per heavy atom. The molecule has 3 rings (SSSR count). The third kappa shape index (κ3) is 3.70. The Balaban J connectivity index is 1.62. The van der Waals surface area contributed by atoms with Crippen molar-refractivity contribution in [3.05, 3.63) is 34.1 Å². The van der Waals surface area contributed by atoms with Crippen LogP contribution in [-0.2, 0) is 4.74 Å². The lowest BCUT2D eigenvalue weighted by Gasteiger charge is -2.33. The molecule has 0 unspecified atom stereocenters. The number of nitrogens with zero attached hydrogens (tertiary/aromatic N) is 3. The molecule has 0 aromatic carbocycles. The number of thiophene rings is 1. The predicted molar refractivity (Wildman–Crippen MR) is 85.2 cm³/mol. The van der Waals surface area contributed by atoms with E-state index >= 15 is 0 Å². The number of ether oxygens (including phenoxy) is 1. The minimum Gasteiger partial charge on any atom is -0.369 e. The van der Waals surface area contributed by atoms with Gasteiger partial charge in [-0.1, -0.05) is 18.1 Å². The summed E-state index contributed by atoms with van der Waals surface area (Å²) < 4.78 is 10.8.